The van der Waals surface area contributed by atoms with Crippen molar-refractivity contribution in [2.24, 2.45) is 0 Å². The summed E-state index contributed by atoms with van der Waals surface area (Å²) in [4.78, 5) is 29.2. The summed E-state index contributed by atoms with van der Waals surface area (Å²) in [7, 11) is -3.85. The maximum Gasteiger partial charge on any atom is 0.408 e. The van der Waals surface area contributed by atoms with Gasteiger partial charge in [0, 0.05) is 41.6 Å². The number of benzene rings is 2. The Balaban J connectivity index is 1.16. The molecule has 3 aromatic rings. The summed E-state index contributed by atoms with van der Waals surface area (Å²) in [5.41, 5.74) is 2.46. The van der Waals surface area contributed by atoms with Gasteiger partial charge in [0.2, 0.25) is 15.9 Å². The number of unbranched alkanes of at least 4 members (excludes halogenated alkanes) is 1. The largest absolute Gasteiger partial charge is 0.490 e. The van der Waals surface area contributed by atoms with Crippen LogP contribution in [0.3, 0.4) is 0 Å². The Hall–Kier alpha value is -3.71. The van der Waals surface area contributed by atoms with Gasteiger partial charge < -0.3 is 24.8 Å². The molecule has 0 spiro atoms. The summed E-state index contributed by atoms with van der Waals surface area (Å²) in [6.07, 6.45) is 8.25. The van der Waals surface area contributed by atoms with Crippen LogP contribution in [0, 0.1) is 0 Å². The molecule has 11 nitrogen and oxygen atoms in total. The molecule has 1 atom stereocenters. The lowest BCUT2D eigenvalue weighted by Crippen LogP contribution is -2.48. The highest BCUT2D eigenvalue weighted by molar-refractivity contribution is 7.89. The zero-order valence-electron chi connectivity index (χ0n) is 29.1. The van der Waals surface area contributed by atoms with Gasteiger partial charge in [-0.1, -0.05) is 35.9 Å². The average Bonchev–Trinajstić information content (AvgIpc) is 4.00. The molecule has 0 aliphatic heterocycles. The fourth-order valence-electron chi connectivity index (χ4n) is 5.56. The van der Waals surface area contributed by atoms with Crippen molar-refractivity contribution >= 4 is 33.6 Å². The number of pyridine rings is 1. The van der Waals surface area contributed by atoms with Crippen LogP contribution in [0.4, 0.5) is 4.79 Å². The molecule has 0 radical (unpaired) electrons. The van der Waals surface area contributed by atoms with Gasteiger partial charge in [-0.05, 0) is 108 Å². The minimum Gasteiger partial charge on any atom is -0.490 e. The number of carbonyl (C=O) groups is 2. The Morgan fingerprint density at radius 2 is 1.82 bits per heavy atom. The van der Waals surface area contributed by atoms with Crippen LogP contribution in [0.15, 0.2) is 65.8 Å². The van der Waals surface area contributed by atoms with Gasteiger partial charge in [0.25, 0.3) is 0 Å². The van der Waals surface area contributed by atoms with Crippen molar-refractivity contribution < 1.29 is 32.2 Å². The van der Waals surface area contributed by atoms with E-state index in [0.717, 1.165) is 48.1 Å². The summed E-state index contributed by atoms with van der Waals surface area (Å²) < 4.78 is 46.8. The lowest BCUT2D eigenvalue weighted by molar-refractivity contribution is -0.123. The Morgan fingerprint density at radius 3 is 2.50 bits per heavy atom. The maximum atomic E-state index is 13.1. The molecule has 1 heterocycles. The third-order valence-electron chi connectivity index (χ3n) is 8.42. The number of carbonyl (C=O) groups excluding carboxylic acids is 2. The second-order valence-electron chi connectivity index (χ2n) is 13.8. The molecule has 2 saturated carbocycles. The number of nitrogens with zero attached hydrogens (tertiary/aromatic N) is 1. The molecule has 2 aromatic carbocycles. The van der Waals surface area contributed by atoms with Crippen LogP contribution in [0.5, 0.6) is 5.75 Å². The number of hydrogen-bond acceptors (Lipinski definition) is 8. The number of aromatic nitrogens is 1. The number of halogens is 1. The van der Waals surface area contributed by atoms with E-state index in [4.69, 9.17) is 25.8 Å². The first-order valence-corrected chi connectivity index (χ1v) is 19.1. The second-order valence-corrected chi connectivity index (χ2v) is 15.9. The SMILES string of the molecule is CCNC(=O)[C@H](CCCCNS(=O)(=O)c1ccc(COC2(c3cnccc3-c3ccccc3OC3CC3)CC2)c(Cl)c1)NC(=O)OC(C)(C)C. The third-order valence-corrected chi connectivity index (χ3v) is 10.2. The number of para-hydroxylation sites is 1. The van der Waals surface area contributed by atoms with Crippen LogP contribution in [-0.2, 0) is 36.5 Å². The second kappa shape index (κ2) is 16.1. The highest BCUT2D eigenvalue weighted by Crippen LogP contribution is 2.53. The van der Waals surface area contributed by atoms with E-state index in [0.29, 0.717) is 31.4 Å². The number of ether oxygens (including phenoxy) is 3. The summed E-state index contributed by atoms with van der Waals surface area (Å²) in [6.45, 7) is 7.76. The first-order chi connectivity index (χ1) is 23.8. The van der Waals surface area contributed by atoms with Gasteiger partial charge in [0.1, 0.15) is 17.4 Å². The van der Waals surface area contributed by atoms with E-state index in [1.54, 1.807) is 40.0 Å². The monoisotopic (exact) mass is 726 g/mol. The molecule has 2 aliphatic carbocycles. The van der Waals surface area contributed by atoms with Gasteiger partial charge in [-0.15, -0.1) is 0 Å². The van der Waals surface area contributed by atoms with E-state index in [2.05, 4.69) is 26.4 Å². The van der Waals surface area contributed by atoms with Gasteiger partial charge >= 0.3 is 6.09 Å². The highest BCUT2D eigenvalue weighted by atomic mass is 35.5. The first-order valence-electron chi connectivity index (χ1n) is 17.2. The summed E-state index contributed by atoms with van der Waals surface area (Å²) in [5.74, 6) is 0.528. The number of rotatable bonds is 17. The van der Waals surface area contributed by atoms with Gasteiger partial charge in [-0.25, -0.2) is 17.9 Å². The molecule has 2 aliphatic rings. The number of likely N-dealkylation sites (N-methyl/N-ethyl adjacent to an activating group) is 1. The van der Waals surface area contributed by atoms with Crippen LogP contribution < -0.4 is 20.1 Å². The molecule has 2 fully saturated rings. The van der Waals surface area contributed by atoms with Gasteiger partial charge in [0.05, 0.1) is 23.2 Å². The molecule has 270 valence electrons. The van der Waals surface area contributed by atoms with Gasteiger partial charge in [-0.2, -0.15) is 0 Å². The molecule has 0 bridgehead atoms. The molecule has 1 aromatic heterocycles. The number of hydrogen-bond donors (Lipinski definition) is 3. The fourth-order valence-corrected chi connectivity index (χ4v) is 6.96. The Labute approximate surface area is 299 Å². The van der Waals surface area contributed by atoms with Crippen LogP contribution in [0.1, 0.15) is 83.8 Å². The molecule has 2 amide bonds. The predicted octanol–water partition coefficient (Wildman–Crippen LogP) is 6.63. The number of sulfonamides is 1. The third kappa shape index (κ3) is 10.2. The molecule has 0 saturated heterocycles. The van der Waals surface area contributed by atoms with Gasteiger partial charge in [0.15, 0.2) is 0 Å². The Morgan fingerprint density at radius 1 is 1.06 bits per heavy atom. The van der Waals surface area contributed by atoms with Crippen molar-refractivity contribution in [3.63, 3.8) is 0 Å². The van der Waals surface area contributed by atoms with Crippen LogP contribution in [0.2, 0.25) is 5.02 Å². The normalized spacial score (nSPS) is 15.9. The zero-order chi connectivity index (χ0) is 35.9. The smallest absolute Gasteiger partial charge is 0.408 e. The van der Waals surface area contributed by atoms with Crippen molar-refractivity contribution in [2.45, 2.75) is 107 Å². The molecule has 5 rings (SSSR count). The molecular formula is C37H47ClN4O7S. The quantitative estimate of drug-likeness (QED) is 0.132. The summed E-state index contributed by atoms with van der Waals surface area (Å²) >= 11 is 6.60. The number of alkyl carbamates (subject to hydrolysis) is 1. The topological polar surface area (TPSA) is 145 Å². The van der Waals surface area contributed by atoms with Crippen molar-refractivity contribution in [3.8, 4) is 16.9 Å². The number of nitrogens with one attached hydrogen (secondary N) is 3. The van der Waals surface area contributed by atoms with E-state index in [1.165, 1.54) is 12.1 Å². The fraction of sp³-hybridized carbons (Fsp3) is 0.486. The van der Waals surface area contributed by atoms with Crippen LogP contribution >= 0.6 is 11.6 Å². The lowest BCUT2D eigenvalue weighted by Gasteiger charge is -2.23. The minimum absolute atomic E-state index is 0.0426. The van der Waals surface area contributed by atoms with Crippen molar-refractivity contribution in [3.05, 3.63) is 77.1 Å². The molecule has 0 unspecified atom stereocenters. The predicted molar refractivity (Wildman–Crippen MR) is 191 cm³/mol. The van der Waals surface area contributed by atoms with Crippen LogP contribution in [-0.4, -0.2) is 56.2 Å². The Bertz CT molecular complexity index is 1770. The summed E-state index contributed by atoms with van der Waals surface area (Å²) in [5, 5.41) is 5.61. The van der Waals surface area contributed by atoms with Crippen molar-refractivity contribution in [1.82, 2.24) is 20.3 Å². The minimum atomic E-state index is -3.85. The summed E-state index contributed by atoms with van der Waals surface area (Å²) in [6, 6.07) is 13.9. The zero-order valence-corrected chi connectivity index (χ0v) is 30.7. The standard InChI is InChI=1S/C37H47ClN4O7S/c1-5-40-34(43)32(42-35(44)49-36(2,3)4)11-8-9-20-41-50(45,46)27-16-13-25(31(38)22-27)24-47-37(18-19-37)30-23-39-21-17-28(30)29-10-6-7-12-33(29)48-26-14-15-26/h6-7,10,12-13,16-17,21-23,26,32,41H,5,8-9,11,14-15,18-20,24H2,1-4H3,(H,40,43)(H,42,44)/t32-/m0/s1. The molecular weight excluding hydrogens is 680 g/mol. The van der Waals surface area contributed by atoms with Crippen LogP contribution in [0.25, 0.3) is 11.1 Å². The lowest BCUT2D eigenvalue weighted by atomic mass is 9.96. The number of amides is 2. The van der Waals surface area contributed by atoms with Gasteiger partial charge in [-0.3, -0.25) is 9.78 Å². The van der Waals surface area contributed by atoms with E-state index in [9.17, 15) is 18.0 Å². The maximum absolute atomic E-state index is 13.1. The van der Waals surface area contributed by atoms with Crippen molar-refractivity contribution in [2.75, 3.05) is 13.1 Å². The van der Waals surface area contributed by atoms with E-state index >= 15 is 0 Å². The van der Waals surface area contributed by atoms with E-state index < -0.39 is 33.4 Å². The molecule has 3 N–H and O–H groups in total. The molecule has 50 heavy (non-hydrogen) atoms. The van der Waals surface area contributed by atoms with E-state index in [-0.39, 0.29) is 35.1 Å². The first kappa shape index (κ1) is 37.5. The highest BCUT2D eigenvalue weighted by Gasteiger charge is 2.48. The van der Waals surface area contributed by atoms with Crippen molar-refractivity contribution in [1.29, 1.82) is 0 Å². The van der Waals surface area contributed by atoms with E-state index in [1.807, 2.05) is 30.5 Å². The average molecular weight is 727 g/mol. The molecule has 13 heteroatoms. The Kier molecular flexibility index (Phi) is 12.1.